The predicted octanol–water partition coefficient (Wildman–Crippen LogP) is 25.5. The minimum Gasteiger partial charge on any atom is -0.310 e. The topological polar surface area (TPSA) is 16.3 Å². The Morgan fingerprint density at radius 1 is 0.276 bits per heavy atom. The second kappa shape index (κ2) is 24.5. The standard InChI is InChI=1S/C100H87BN4/c1-97(2,3)69-49-52-74(83(61-69)100(10,11)12)68-55-92-94-93(56-68)105(96-81(66-37-21-15-22-38-66)59-71(99(7,8)9)60-82(96)67-39-23-16-24-40-67)91-63-73(103-88-47-31-27-43-77(88)78-44-28-32-48-89(78)103)51-54-85(91)101(94)84-53-50-72(102-86-45-29-25-41-75(86)76-42-26-30-46-87(76)102)62-90(84)104(92)95-79(64-33-17-13-18-34-64)57-70(98(4,5)6)58-80(95)65-35-19-14-20-36-65/h13-63H,1-12H3/i25D,26D,27D,28D,29D,30D,31D,32D,41D,42D,43D,44D,45D,46D,47D,48D. The summed E-state index contributed by atoms with van der Waals surface area (Å²) in [6.07, 6.45) is 0. The molecule has 2 aromatic heterocycles. The van der Waals surface area contributed by atoms with Crippen molar-refractivity contribution in [3.8, 4) is 67.0 Å². The molecule has 2 aliphatic heterocycles. The van der Waals surface area contributed by atoms with E-state index in [-0.39, 0.29) is 49.0 Å². The van der Waals surface area contributed by atoms with Crippen LogP contribution in [0, 0.1) is 0 Å². The number of rotatable bonds is 9. The number of hydrogen-bond donors (Lipinski definition) is 0. The number of benzene rings is 14. The van der Waals surface area contributed by atoms with E-state index in [0.29, 0.717) is 22.7 Å². The summed E-state index contributed by atoms with van der Waals surface area (Å²) in [7, 11) is 0. The van der Waals surface area contributed by atoms with Gasteiger partial charge in [-0.1, -0.05) is 307 Å². The maximum atomic E-state index is 9.96. The van der Waals surface area contributed by atoms with Gasteiger partial charge in [0, 0.05) is 77.9 Å². The van der Waals surface area contributed by atoms with Gasteiger partial charge in [-0.15, -0.1) is 0 Å². The van der Waals surface area contributed by atoms with Crippen molar-refractivity contribution < 1.29 is 21.9 Å². The lowest BCUT2D eigenvalue weighted by molar-refractivity contribution is 0.570. The Kier molecular flexibility index (Phi) is 11.6. The Morgan fingerprint density at radius 2 is 0.600 bits per heavy atom. The highest BCUT2D eigenvalue weighted by atomic mass is 15.2. The van der Waals surface area contributed by atoms with Crippen LogP contribution in [-0.2, 0) is 21.7 Å². The Bertz CT molecular complexity index is 6480. The van der Waals surface area contributed by atoms with Crippen molar-refractivity contribution in [3.05, 3.63) is 331 Å². The molecular weight excluding hydrogens is 1270 g/mol. The van der Waals surface area contributed by atoms with E-state index in [1.807, 2.05) is 109 Å². The molecule has 105 heavy (non-hydrogen) atoms. The van der Waals surface area contributed by atoms with Crippen molar-refractivity contribution in [1.29, 1.82) is 0 Å². The quantitative estimate of drug-likeness (QED) is 0.134. The zero-order valence-electron chi connectivity index (χ0n) is 77.1. The smallest absolute Gasteiger partial charge is 0.252 e. The molecule has 0 spiro atoms. The van der Waals surface area contributed by atoms with Crippen molar-refractivity contribution in [2.75, 3.05) is 9.80 Å². The van der Waals surface area contributed by atoms with Gasteiger partial charge in [0.1, 0.15) is 0 Å². The minimum atomic E-state index is -0.797. The molecule has 0 N–H and O–H groups in total. The van der Waals surface area contributed by atoms with Gasteiger partial charge in [-0.2, -0.15) is 0 Å². The average molecular weight is 1370 g/mol. The maximum Gasteiger partial charge on any atom is 0.252 e. The van der Waals surface area contributed by atoms with Gasteiger partial charge in [-0.25, -0.2) is 0 Å². The van der Waals surface area contributed by atoms with Crippen molar-refractivity contribution in [2.45, 2.75) is 105 Å². The zero-order valence-corrected chi connectivity index (χ0v) is 61.1. The first-order valence-electron chi connectivity index (χ1n) is 44.1. The molecule has 0 unspecified atom stereocenters. The van der Waals surface area contributed by atoms with Crippen molar-refractivity contribution in [3.63, 3.8) is 0 Å². The first-order chi connectivity index (χ1) is 57.3. The number of para-hydroxylation sites is 4. The molecule has 0 saturated carbocycles. The summed E-state index contributed by atoms with van der Waals surface area (Å²) < 4.78 is 156. The maximum absolute atomic E-state index is 9.96. The molecule has 510 valence electrons. The van der Waals surface area contributed by atoms with Crippen LogP contribution < -0.4 is 26.2 Å². The molecular formula is C100H87BN4. The molecule has 0 radical (unpaired) electrons. The molecule has 0 amide bonds. The molecule has 0 aliphatic carbocycles. The fraction of sp³-hybridized carbons (Fsp3) is 0.160. The Morgan fingerprint density at radius 3 is 0.914 bits per heavy atom. The molecule has 2 aliphatic rings. The predicted molar refractivity (Wildman–Crippen MR) is 451 cm³/mol. The Labute approximate surface area is 641 Å². The highest BCUT2D eigenvalue weighted by Crippen LogP contribution is 2.56. The lowest BCUT2D eigenvalue weighted by Crippen LogP contribution is -2.61. The van der Waals surface area contributed by atoms with Crippen LogP contribution >= 0.6 is 0 Å². The van der Waals surface area contributed by atoms with E-state index in [1.54, 1.807) is 9.13 Å². The largest absolute Gasteiger partial charge is 0.310 e. The average Bonchev–Trinajstić information content (AvgIpc) is 1.62. The van der Waals surface area contributed by atoms with Crippen molar-refractivity contribution >= 4 is 101 Å². The van der Waals surface area contributed by atoms with Crippen LogP contribution in [0.15, 0.2) is 309 Å². The van der Waals surface area contributed by atoms with E-state index >= 15 is 0 Å². The summed E-state index contributed by atoms with van der Waals surface area (Å²) in [6, 6.07) is 65.6. The van der Waals surface area contributed by atoms with Crippen LogP contribution in [0.25, 0.3) is 111 Å². The third-order valence-corrected chi connectivity index (χ3v) is 21.4. The third kappa shape index (κ3) is 10.9. The van der Waals surface area contributed by atoms with Crippen LogP contribution in [0.3, 0.4) is 0 Å². The molecule has 4 heterocycles. The minimum absolute atomic E-state index is 0.0509. The highest BCUT2D eigenvalue weighted by Gasteiger charge is 2.47. The van der Waals surface area contributed by atoms with Gasteiger partial charge in [0.15, 0.2) is 0 Å². The molecule has 0 fully saturated rings. The zero-order chi connectivity index (χ0) is 85.9. The normalized spacial score (nSPS) is 15.2. The molecule has 14 aromatic carbocycles. The molecule has 0 saturated heterocycles. The molecule has 4 nitrogen and oxygen atoms in total. The SMILES string of the molecule is [2H]c1c([2H])c([2H])c2c(c1[2H])c1c([2H])c([2H])c([2H])c([2H])c1n2-c1ccc2c(c1)N(c1c(-c3ccccc3)cc(C(C)(C)C)cc1-c1ccccc1)c1cc(-c3ccc(C(C)(C)C)cc3C(C)(C)C)cc3c1B2c1ccc(-n2c4c([2H])c([2H])c([2H])c([2H])c4c4c([2H])c([2H])c([2H])c([2H])c42)cc1N3c1c(-c2ccccc2)cc(C(C)(C)C)cc1-c1ccccc1. The monoisotopic (exact) mass is 1370 g/mol. The van der Waals surface area contributed by atoms with E-state index in [4.69, 9.17) is 5.48 Å². The summed E-state index contributed by atoms with van der Waals surface area (Å²) in [6.45, 7) is 25.8. The van der Waals surface area contributed by atoms with Crippen LogP contribution in [0.2, 0.25) is 0 Å². The summed E-state index contributed by atoms with van der Waals surface area (Å²) in [5.74, 6) is 0. The van der Waals surface area contributed by atoms with Crippen LogP contribution in [0.5, 0.6) is 0 Å². The molecule has 18 rings (SSSR count). The van der Waals surface area contributed by atoms with E-state index in [0.717, 1.165) is 117 Å². The summed E-state index contributed by atoms with van der Waals surface area (Å²) in [5, 5.41) is -0.290. The van der Waals surface area contributed by atoms with Crippen LogP contribution in [0.1, 0.15) is 127 Å². The van der Waals surface area contributed by atoms with Crippen LogP contribution in [-0.4, -0.2) is 15.8 Å². The van der Waals surface area contributed by atoms with E-state index in [9.17, 15) is 16.4 Å². The highest BCUT2D eigenvalue weighted by molar-refractivity contribution is 7.00. The fourth-order valence-corrected chi connectivity index (χ4v) is 16.1. The van der Waals surface area contributed by atoms with E-state index in [2.05, 4.69) is 196 Å². The van der Waals surface area contributed by atoms with Crippen molar-refractivity contribution in [1.82, 2.24) is 9.13 Å². The molecule has 16 aromatic rings. The van der Waals surface area contributed by atoms with Crippen LogP contribution in [0.4, 0.5) is 34.1 Å². The van der Waals surface area contributed by atoms with Gasteiger partial charge >= 0.3 is 0 Å². The first kappa shape index (κ1) is 49.9. The number of aromatic nitrogens is 2. The van der Waals surface area contributed by atoms with Gasteiger partial charge in [-0.3, -0.25) is 0 Å². The Balaban J connectivity index is 1.11. The van der Waals surface area contributed by atoms with Gasteiger partial charge in [0.2, 0.25) is 0 Å². The first-order valence-corrected chi connectivity index (χ1v) is 36.1. The molecule has 0 atom stereocenters. The summed E-state index contributed by atoms with van der Waals surface area (Å²) in [5.41, 5.74) is 18.3. The summed E-state index contributed by atoms with van der Waals surface area (Å²) in [4.78, 5) is 4.73. The van der Waals surface area contributed by atoms with Gasteiger partial charge in [0.05, 0.1) is 55.4 Å². The third-order valence-electron chi connectivity index (χ3n) is 21.4. The van der Waals surface area contributed by atoms with Crippen molar-refractivity contribution in [2.24, 2.45) is 0 Å². The van der Waals surface area contributed by atoms with Gasteiger partial charge < -0.3 is 18.9 Å². The number of nitrogens with zero attached hydrogens (tertiary/aromatic N) is 4. The fourth-order valence-electron chi connectivity index (χ4n) is 16.1. The second-order valence-electron chi connectivity index (χ2n) is 32.1. The number of anilines is 6. The lowest BCUT2D eigenvalue weighted by Gasteiger charge is -2.46. The van der Waals surface area contributed by atoms with E-state index in [1.165, 1.54) is 0 Å². The molecule has 5 heteroatoms. The second-order valence-corrected chi connectivity index (χ2v) is 32.1. The number of hydrogen-bond acceptors (Lipinski definition) is 2. The lowest BCUT2D eigenvalue weighted by atomic mass is 9.33. The van der Waals surface area contributed by atoms with E-state index < -0.39 is 120 Å². The number of fused-ring (bicyclic) bond motifs is 10. The van der Waals surface area contributed by atoms with Gasteiger partial charge in [0.25, 0.3) is 6.71 Å². The summed E-state index contributed by atoms with van der Waals surface area (Å²) >= 11 is 0. The molecule has 0 bridgehead atoms. The van der Waals surface area contributed by atoms with Gasteiger partial charge in [-0.05, 0) is 179 Å². The Hall–Kier alpha value is -11.7.